The Morgan fingerprint density at radius 1 is 1.07 bits per heavy atom. The summed E-state index contributed by atoms with van der Waals surface area (Å²) >= 11 is 0. The topological polar surface area (TPSA) is 83.6 Å². The molecule has 0 saturated carbocycles. The van der Waals surface area contributed by atoms with Crippen LogP contribution < -0.4 is 10.2 Å². The summed E-state index contributed by atoms with van der Waals surface area (Å²) in [7, 11) is -3.11. The third-order valence-electron chi connectivity index (χ3n) is 4.61. The van der Waals surface area contributed by atoms with Crippen LogP contribution in [0, 0.1) is 0 Å². The van der Waals surface area contributed by atoms with Gasteiger partial charge in [-0.2, -0.15) is 0 Å². The standard InChI is InChI=1S/C20H22N2O4S/c1-15(23)16-7-9-17(10-8-16)21-13-20(24)22(18-5-3-2-4-6-18)19-11-12-27(25,26)14-19/h2-10,19,21H,11-14H2,1H3/t19-/m1/s1. The zero-order valence-corrected chi connectivity index (χ0v) is 15.9. The summed E-state index contributed by atoms with van der Waals surface area (Å²) in [6.07, 6.45) is 0.441. The highest BCUT2D eigenvalue weighted by Crippen LogP contribution is 2.24. The second-order valence-electron chi connectivity index (χ2n) is 6.64. The lowest BCUT2D eigenvalue weighted by molar-refractivity contribution is -0.117. The Bertz CT molecular complexity index is 924. The molecule has 1 aliphatic rings. The summed E-state index contributed by atoms with van der Waals surface area (Å²) in [5, 5.41) is 3.05. The van der Waals surface area contributed by atoms with Crippen molar-refractivity contribution in [1.82, 2.24) is 0 Å². The van der Waals surface area contributed by atoms with Gasteiger partial charge in [0.15, 0.2) is 15.6 Å². The summed E-state index contributed by atoms with van der Waals surface area (Å²) in [5.74, 6) is -0.121. The predicted octanol–water partition coefficient (Wildman–Crippen LogP) is 2.52. The van der Waals surface area contributed by atoms with Crippen molar-refractivity contribution < 1.29 is 18.0 Å². The van der Waals surface area contributed by atoms with E-state index >= 15 is 0 Å². The summed E-state index contributed by atoms with van der Waals surface area (Å²) < 4.78 is 23.8. The number of nitrogens with one attached hydrogen (secondary N) is 1. The van der Waals surface area contributed by atoms with Crippen molar-refractivity contribution >= 4 is 32.9 Å². The van der Waals surface area contributed by atoms with Crippen molar-refractivity contribution in [3.05, 3.63) is 60.2 Å². The molecule has 2 aromatic rings. The van der Waals surface area contributed by atoms with E-state index < -0.39 is 9.84 Å². The van der Waals surface area contributed by atoms with Crippen LogP contribution in [0.5, 0.6) is 0 Å². The van der Waals surface area contributed by atoms with Crippen LogP contribution >= 0.6 is 0 Å². The summed E-state index contributed by atoms with van der Waals surface area (Å²) in [6, 6.07) is 15.7. The zero-order valence-electron chi connectivity index (χ0n) is 15.1. The molecule has 1 fully saturated rings. The van der Waals surface area contributed by atoms with Crippen molar-refractivity contribution in [1.29, 1.82) is 0 Å². The Labute approximate surface area is 159 Å². The third-order valence-corrected chi connectivity index (χ3v) is 6.36. The highest BCUT2D eigenvalue weighted by atomic mass is 32.2. The van der Waals surface area contributed by atoms with Gasteiger partial charge in [-0.15, -0.1) is 0 Å². The van der Waals surface area contributed by atoms with E-state index in [-0.39, 0.29) is 35.8 Å². The van der Waals surface area contributed by atoms with Crippen LogP contribution in [0.25, 0.3) is 0 Å². The Morgan fingerprint density at radius 3 is 2.30 bits per heavy atom. The number of amides is 1. The zero-order chi connectivity index (χ0) is 19.4. The normalized spacial score (nSPS) is 18.0. The van der Waals surface area contributed by atoms with Crippen molar-refractivity contribution in [2.75, 3.05) is 28.3 Å². The molecule has 2 aromatic carbocycles. The fourth-order valence-corrected chi connectivity index (χ4v) is 4.91. The molecule has 1 amide bonds. The van der Waals surface area contributed by atoms with Crippen molar-refractivity contribution in [3.8, 4) is 0 Å². The van der Waals surface area contributed by atoms with Gasteiger partial charge in [0.1, 0.15) is 0 Å². The maximum Gasteiger partial charge on any atom is 0.246 e. The molecular formula is C20H22N2O4S. The van der Waals surface area contributed by atoms with Crippen LogP contribution in [0.1, 0.15) is 23.7 Å². The van der Waals surface area contributed by atoms with Crippen LogP contribution in [-0.4, -0.2) is 44.2 Å². The number of carbonyl (C=O) groups excluding carboxylic acids is 2. The molecule has 1 saturated heterocycles. The molecule has 0 spiro atoms. The molecule has 1 aliphatic heterocycles. The van der Waals surface area contributed by atoms with Crippen LogP contribution in [-0.2, 0) is 14.6 Å². The molecule has 142 valence electrons. The largest absolute Gasteiger partial charge is 0.376 e. The highest BCUT2D eigenvalue weighted by molar-refractivity contribution is 7.91. The number of nitrogens with zero attached hydrogens (tertiary/aromatic N) is 1. The first-order chi connectivity index (χ1) is 12.9. The van der Waals surface area contributed by atoms with Crippen molar-refractivity contribution in [2.45, 2.75) is 19.4 Å². The Kier molecular flexibility index (Phi) is 5.60. The number of carbonyl (C=O) groups is 2. The average molecular weight is 386 g/mol. The summed E-state index contributed by atoms with van der Waals surface area (Å²) in [6.45, 7) is 1.53. The van der Waals surface area contributed by atoms with Gasteiger partial charge in [0.05, 0.1) is 24.1 Å². The molecule has 0 aromatic heterocycles. The summed E-state index contributed by atoms with van der Waals surface area (Å²) in [5.41, 5.74) is 2.02. The van der Waals surface area contributed by atoms with Gasteiger partial charge in [0.2, 0.25) is 5.91 Å². The lowest BCUT2D eigenvalue weighted by Gasteiger charge is -2.28. The van der Waals surface area contributed by atoms with E-state index in [0.717, 1.165) is 5.69 Å². The molecule has 27 heavy (non-hydrogen) atoms. The van der Waals surface area contributed by atoms with Crippen molar-refractivity contribution in [3.63, 3.8) is 0 Å². The second kappa shape index (κ2) is 7.92. The first kappa shape index (κ1) is 19.1. The number of ketones is 1. The van der Waals surface area contributed by atoms with E-state index in [2.05, 4.69) is 5.32 Å². The Hall–Kier alpha value is -2.67. The second-order valence-corrected chi connectivity index (χ2v) is 8.87. The molecule has 1 atom stereocenters. The Balaban J connectivity index is 1.74. The molecule has 1 heterocycles. The van der Waals surface area contributed by atoms with E-state index in [1.165, 1.54) is 6.92 Å². The molecule has 0 aliphatic carbocycles. The fraction of sp³-hybridized carbons (Fsp3) is 0.300. The van der Waals surface area contributed by atoms with Gasteiger partial charge in [-0.25, -0.2) is 8.42 Å². The van der Waals surface area contributed by atoms with Gasteiger partial charge < -0.3 is 10.2 Å². The van der Waals surface area contributed by atoms with Crippen LogP contribution in [0.4, 0.5) is 11.4 Å². The van der Waals surface area contributed by atoms with Gasteiger partial charge in [-0.3, -0.25) is 9.59 Å². The highest BCUT2D eigenvalue weighted by Gasteiger charge is 2.35. The average Bonchev–Trinajstić information content (AvgIpc) is 3.00. The number of anilines is 2. The van der Waals surface area contributed by atoms with Gasteiger partial charge in [-0.1, -0.05) is 18.2 Å². The number of sulfone groups is 1. The Morgan fingerprint density at radius 2 is 1.74 bits per heavy atom. The fourth-order valence-electron chi connectivity index (χ4n) is 3.21. The number of para-hydroxylation sites is 1. The number of hydrogen-bond donors (Lipinski definition) is 1. The predicted molar refractivity (Wildman–Crippen MR) is 106 cm³/mol. The SMILES string of the molecule is CC(=O)c1ccc(NCC(=O)N(c2ccccc2)[C@@H]2CCS(=O)(=O)C2)cc1. The monoisotopic (exact) mass is 386 g/mol. The number of rotatable bonds is 6. The minimum atomic E-state index is -3.11. The number of Topliss-reactive ketones (excluding diaryl/α,β-unsaturated/α-hetero) is 1. The molecule has 0 unspecified atom stereocenters. The molecule has 0 radical (unpaired) electrons. The minimum Gasteiger partial charge on any atom is -0.376 e. The summed E-state index contributed by atoms with van der Waals surface area (Å²) in [4.78, 5) is 25.8. The quantitative estimate of drug-likeness (QED) is 0.772. The molecular weight excluding hydrogens is 364 g/mol. The smallest absolute Gasteiger partial charge is 0.246 e. The lowest BCUT2D eigenvalue weighted by atomic mass is 10.1. The van der Waals surface area contributed by atoms with Gasteiger partial charge >= 0.3 is 0 Å². The molecule has 1 N–H and O–H groups in total. The number of benzene rings is 2. The van der Waals surface area contributed by atoms with E-state index in [9.17, 15) is 18.0 Å². The molecule has 0 bridgehead atoms. The van der Waals surface area contributed by atoms with Crippen LogP contribution in [0.15, 0.2) is 54.6 Å². The van der Waals surface area contributed by atoms with E-state index in [4.69, 9.17) is 0 Å². The molecule has 7 heteroatoms. The minimum absolute atomic E-state index is 0.0130. The van der Waals surface area contributed by atoms with E-state index in [1.807, 2.05) is 30.3 Å². The van der Waals surface area contributed by atoms with E-state index in [0.29, 0.717) is 17.7 Å². The lowest BCUT2D eigenvalue weighted by Crippen LogP contribution is -2.44. The van der Waals surface area contributed by atoms with Gasteiger partial charge in [-0.05, 0) is 49.7 Å². The first-order valence-electron chi connectivity index (χ1n) is 8.78. The van der Waals surface area contributed by atoms with E-state index in [1.54, 1.807) is 29.2 Å². The third kappa shape index (κ3) is 4.74. The van der Waals surface area contributed by atoms with Crippen LogP contribution in [0.3, 0.4) is 0 Å². The van der Waals surface area contributed by atoms with Gasteiger partial charge in [0.25, 0.3) is 0 Å². The maximum atomic E-state index is 12.9. The number of hydrogen-bond acceptors (Lipinski definition) is 5. The van der Waals surface area contributed by atoms with Gasteiger partial charge in [0, 0.05) is 16.9 Å². The van der Waals surface area contributed by atoms with Crippen molar-refractivity contribution in [2.24, 2.45) is 0 Å². The first-order valence-corrected chi connectivity index (χ1v) is 10.6. The molecule has 6 nitrogen and oxygen atoms in total. The maximum absolute atomic E-state index is 12.9. The van der Waals surface area contributed by atoms with Crippen LogP contribution in [0.2, 0.25) is 0 Å². The molecule has 3 rings (SSSR count).